The van der Waals surface area contributed by atoms with E-state index in [1.807, 2.05) is 7.05 Å². The molecule has 2 fully saturated rings. The number of phosphoric ester groups is 1. The smallest absolute Gasteiger partial charge is 0.469 e. The van der Waals surface area contributed by atoms with Crippen LogP contribution in [0.5, 0.6) is 23.0 Å². The fourth-order valence-electron chi connectivity index (χ4n) is 9.45. The molecule has 2 aromatic carbocycles. The number of piperazine rings is 1. The zero-order valence-corrected chi connectivity index (χ0v) is 42.7. The number of hydrogen-bond acceptors (Lipinski definition) is 20. The number of hydrazone groups is 1. The molecule has 0 spiro atoms. The molecule has 13 atom stereocenters. The first-order valence-electron chi connectivity index (χ1n) is 23.5. The van der Waals surface area contributed by atoms with Crippen molar-refractivity contribution in [2.75, 3.05) is 52.3 Å². The van der Waals surface area contributed by atoms with Crippen molar-refractivity contribution in [3.05, 3.63) is 52.8 Å². The Morgan fingerprint density at radius 3 is 2.22 bits per heavy atom. The number of rotatable bonds is 9. The summed E-state index contributed by atoms with van der Waals surface area (Å²) in [7, 11) is -1.69. The number of nitrogens with one attached hydrogen (secondary N) is 1. The second kappa shape index (κ2) is 22.5. The second-order valence-electron chi connectivity index (χ2n) is 19.0. The van der Waals surface area contributed by atoms with E-state index in [9.17, 15) is 59.4 Å². The molecule has 5 bridgehead atoms. The lowest BCUT2D eigenvalue weighted by Crippen LogP contribution is -2.50. The summed E-state index contributed by atoms with van der Waals surface area (Å²) in [6.07, 6.45) is -2.81. The van der Waals surface area contributed by atoms with Gasteiger partial charge in [0.05, 0.1) is 59.6 Å². The number of carbonyl (C=O) groups excluding carboxylic acids is 3. The fourth-order valence-corrected chi connectivity index (χ4v) is 9.79. The van der Waals surface area contributed by atoms with Gasteiger partial charge >= 0.3 is 19.6 Å². The zero-order chi connectivity index (χ0) is 53.3. The number of phenols is 3. The van der Waals surface area contributed by atoms with Gasteiger partial charge in [0, 0.05) is 87.3 Å². The van der Waals surface area contributed by atoms with Gasteiger partial charge in [-0.1, -0.05) is 45.9 Å². The number of Topliss-reactive ketones (excluding diaryl/α,β-unsaturated/α-hetero) is 1. The van der Waals surface area contributed by atoms with Crippen LogP contribution in [0, 0.1) is 30.6 Å². The molecule has 7 rings (SSSR count). The molecule has 23 nitrogen and oxygen atoms in total. The van der Waals surface area contributed by atoms with Gasteiger partial charge in [0.1, 0.15) is 41.7 Å². The molecule has 5 aliphatic heterocycles. The molecule has 398 valence electrons. The van der Waals surface area contributed by atoms with Crippen molar-refractivity contribution in [3.63, 3.8) is 0 Å². The highest BCUT2D eigenvalue weighted by atomic mass is 31.2. The number of nitrogens with zero attached hydrogens (tertiary/aromatic N) is 3. The van der Waals surface area contributed by atoms with Crippen molar-refractivity contribution in [1.82, 2.24) is 9.91 Å². The lowest BCUT2D eigenvalue weighted by Gasteiger charge is -2.41. The first-order chi connectivity index (χ1) is 33.7. The number of phosphoric acid groups is 1. The topological polar surface area (TPSA) is 326 Å². The summed E-state index contributed by atoms with van der Waals surface area (Å²) in [4.78, 5) is 62.1. The summed E-state index contributed by atoms with van der Waals surface area (Å²) in [5, 5.41) is 78.0. The third-order valence-electron chi connectivity index (χ3n) is 13.8. The Kier molecular flexibility index (Phi) is 17.6. The number of aliphatic hydroxyl groups excluding tert-OH is 3. The molecule has 9 N–H and O–H groups in total. The van der Waals surface area contributed by atoms with Gasteiger partial charge in [-0.15, -0.1) is 0 Å². The van der Waals surface area contributed by atoms with E-state index in [4.69, 9.17) is 28.4 Å². The molecule has 9 unspecified atom stereocenters. The number of likely N-dealkylation sites (N-methyl/N-ethyl adjacent to an activating group) is 1. The van der Waals surface area contributed by atoms with Gasteiger partial charge in [0.2, 0.25) is 0 Å². The van der Waals surface area contributed by atoms with Crippen LogP contribution in [0.2, 0.25) is 0 Å². The molecular formula is C48H67N4O19P. The quantitative estimate of drug-likeness (QED) is 0.0573. The molecule has 0 aliphatic carbocycles. The summed E-state index contributed by atoms with van der Waals surface area (Å²) < 4.78 is 52.1. The first-order valence-corrected chi connectivity index (χ1v) is 25.0. The molecule has 0 saturated carbocycles. The lowest BCUT2D eigenvalue weighted by atomic mass is 9.78. The number of amides is 1. The van der Waals surface area contributed by atoms with E-state index in [1.54, 1.807) is 38.8 Å². The van der Waals surface area contributed by atoms with Crippen molar-refractivity contribution in [2.24, 2.45) is 28.8 Å². The highest BCUT2D eigenvalue weighted by Crippen LogP contribution is 2.55. The number of allylic oxidation sites excluding steroid dienone is 2. The summed E-state index contributed by atoms with van der Waals surface area (Å²) in [6.45, 7) is 13.6. The number of methoxy groups -OCH3 is 1. The van der Waals surface area contributed by atoms with Gasteiger partial charge in [0.25, 0.3) is 11.7 Å². The first kappa shape index (κ1) is 56.1. The van der Waals surface area contributed by atoms with Crippen LogP contribution < -0.4 is 10.1 Å². The van der Waals surface area contributed by atoms with Gasteiger partial charge in [-0.05, 0) is 27.0 Å². The molecule has 5 heterocycles. The van der Waals surface area contributed by atoms with Crippen LogP contribution >= 0.6 is 7.82 Å². The number of hydrogen-bond donors (Lipinski definition) is 9. The summed E-state index contributed by atoms with van der Waals surface area (Å²) in [5.41, 5.74) is -0.680. The van der Waals surface area contributed by atoms with E-state index < -0.39 is 128 Å². The van der Waals surface area contributed by atoms with Crippen LogP contribution in [0.4, 0.5) is 5.69 Å². The fraction of sp³-hybridized carbons (Fsp3) is 0.583. The van der Waals surface area contributed by atoms with Crippen molar-refractivity contribution in [3.8, 4) is 23.0 Å². The molecule has 0 aromatic heterocycles. The molecule has 2 aromatic rings. The predicted molar refractivity (Wildman–Crippen MR) is 258 cm³/mol. The van der Waals surface area contributed by atoms with E-state index in [1.165, 1.54) is 59.2 Å². The Morgan fingerprint density at radius 2 is 1.60 bits per heavy atom. The van der Waals surface area contributed by atoms with E-state index in [2.05, 4.69) is 19.8 Å². The monoisotopic (exact) mass is 1030 g/mol. The van der Waals surface area contributed by atoms with Gasteiger partial charge in [-0.3, -0.25) is 23.9 Å². The van der Waals surface area contributed by atoms with Crippen molar-refractivity contribution < 1.29 is 92.3 Å². The maximum atomic E-state index is 14.6. The maximum Gasteiger partial charge on any atom is 0.469 e. The van der Waals surface area contributed by atoms with E-state index in [0.717, 1.165) is 6.26 Å². The van der Waals surface area contributed by atoms with Crippen LogP contribution in [-0.4, -0.2) is 176 Å². The predicted octanol–water partition coefficient (Wildman–Crippen LogP) is 2.92. The number of esters is 1. The third kappa shape index (κ3) is 11.8. The second-order valence-corrected chi connectivity index (χ2v) is 20.3. The molecule has 2 saturated heterocycles. The number of ether oxygens (including phenoxy) is 6. The molecule has 0 radical (unpaired) electrons. The van der Waals surface area contributed by atoms with Crippen molar-refractivity contribution in [2.45, 2.75) is 110 Å². The number of aromatic hydroxyl groups is 3. The number of phenolic OH excluding ortho intramolecular Hbond substituents is 3. The number of benzene rings is 2. The Balaban J connectivity index is 1.47. The standard InChI is InChI=1S/C48H67N4O19P/c1-22-12-11-13-23(2)46(61)50-35-29(20-49-52-17-15-51(9)16-18-52)38(56)32-33(40(35)58)37(55)26(5)44-34(32)45(60)48(8,71-44)66-19-14-30(65-10)24(3)42(68-28(7)53)27(6)43(25(4)36(22)54)70-47-41(59)39(57)31(69-47)21-67-72(62,63)64/h11-14,19-20,22,24-25,27,30-31,36,39,41-43,47,54-59H,15-18,21H2,1-10H3,(H,50,61)(H2,62,63,64)/b12-11+,19-14+,23-13-,49-20+/t22?,24?,25?,27?,30?,31-,36?,39-,41-,42?,43?,47-,48?/m1/s1. The minimum atomic E-state index is -5.01. The number of carbonyl (C=O) groups is 3. The SMILES string of the molecule is COC1/C=C/OC2(C)Oc3c(C)c(O)c4c(O)c(c(/C=N/N5CCN(C)CC5)c(O)c4c3C2=O)NC(=O)/C(C)=C\C=C\C(C)C(O)C(C)C(O[C@H]2O[C@H](COP(=O)(O)O)[C@@H](O)[C@H]2O)C(C)C(OC(C)=O)C1C. The minimum absolute atomic E-state index is 0.00125. The van der Waals surface area contributed by atoms with Crippen LogP contribution in [0.25, 0.3) is 10.8 Å². The third-order valence-corrected chi connectivity index (χ3v) is 14.3. The number of ketones is 1. The summed E-state index contributed by atoms with van der Waals surface area (Å²) in [5.74, 6) is -9.78. The van der Waals surface area contributed by atoms with Crippen molar-refractivity contribution in [1.29, 1.82) is 0 Å². The lowest BCUT2D eigenvalue weighted by molar-refractivity contribution is -0.231. The normalized spacial score (nSPS) is 33.9. The molecular weight excluding hydrogens is 968 g/mol. The Bertz CT molecular complexity index is 2540. The number of aliphatic hydroxyl groups is 3. The number of anilines is 1. The molecule has 72 heavy (non-hydrogen) atoms. The van der Waals surface area contributed by atoms with Crippen LogP contribution in [-0.2, 0) is 42.4 Å². The maximum absolute atomic E-state index is 14.6. The number of fused-ring (bicyclic) bond motifs is 14. The van der Waals surface area contributed by atoms with E-state index in [-0.39, 0.29) is 44.5 Å². The Morgan fingerprint density at radius 1 is 0.931 bits per heavy atom. The highest BCUT2D eigenvalue weighted by Gasteiger charge is 2.51. The summed E-state index contributed by atoms with van der Waals surface area (Å²) >= 11 is 0. The average molecular weight is 1040 g/mol. The van der Waals surface area contributed by atoms with E-state index >= 15 is 0 Å². The van der Waals surface area contributed by atoms with E-state index in [0.29, 0.717) is 26.2 Å². The van der Waals surface area contributed by atoms with Gasteiger partial charge in [0.15, 0.2) is 12.0 Å². The largest absolute Gasteiger partial charge is 0.507 e. The van der Waals surface area contributed by atoms with Crippen LogP contribution in [0.15, 0.2) is 41.2 Å². The van der Waals surface area contributed by atoms with Gasteiger partial charge in [-0.25, -0.2) is 4.57 Å². The van der Waals surface area contributed by atoms with Crippen LogP contribution in [0.1, 0.15) is 70.0 Å². The average Bonchev–Trinajstić information content (AvgIpc) is 3.75. The highest BCUT2D eigenvalue weighted by molar-refractivity contribution is 7.46. The zero-order valence-electron chi connectivity index (χ0n) is 41.8. The van der Waals surface area contributed by atoms with Crippen LogP contribution in [0.3, 0.4) is 0 Å². The van der Waals surface area contributed by atoms with Gasteiger partial charge in [-0.2, -0.15) is 5.10 Å². The van der Waals surface area contributed by atoms with Gasteiger partial charge < -0.3 is 79.1 Å². The van der Waals surface area contributed by atoms with Crippen molar-refractivity contribution >= 4 is 48.2 Å². The Labute approximate surface area is 416 Å². The summed E-state index contributed by atoms with van der Waals surface area (Å²) in [6, 6.07) is 0. The molecule has 1 amide bonds. The Hall–Kier alpha value is -5.17. The minimum Gasteiger partial charge on any atom is -0.507 e. The molecule has 5 aliphatic rings. The molecule has 24 heteroatoms.